The number of likely N-dealkylation sites (N-methyl/N-ethyl adjacent to an activating group) is 1. The van der Waals surface area contributed by atoms with Crippen LogP contribution in [0.15, 0.2) is 34.9 Å². The molecule has 0 fully saturated rings. The standard InChI is InChI=1S/C16H22N4O2/c1-16(2,3)18-13(21)10-20(4)11-14-17-15(19-22-14)12-8-6-5-7-9-12/h5-9H,10-11H2,1-4H3,(H,18,21). The molecule has 0 saturated heterocycles. The summed E-state index contributed by atoms with van der Waals surface area (Å²) in [6.45, 7) is 6.57. The van der Waals surface area contributed by atoms with Gasteiger partial charge < -0.3 is 9.84 Å². The van der Waals surface area contributed by atoms with Gasteiger partial charge in [0, 0.05) is 11.1 Å². The van der Waals surface area contributed by atoms with E-state index in [0.717, 1.165) is 5.56 Å². The molecule has 0 aliphatic rings. The summed E-state index contributed by atoms with van der Waals surface area (Å²) in [5.41, 5.74) is 0.675. The highest BCUT2D eigenvalue weighted by atomic mass is 16.5. The Labute approximate surface area is 130 Å². The van der Waals surface area contributed by atoms with Crippen molar-refractivity contribution in [1.82, 2.24) is 20.4 Å². The molecule has 1 heterocycles. The molecule has 6 heteroatoms. The number of carbonyl (C=O) groups excluding carboxylic acids is 1. The molecule has 6 nitrogen and oxygen atoms in total. The molecular formula is C16H22N4O2. The zero-order valence-corrected chi connectivity index (χ0v) is 13.5. The number of amides is 1. The highest BCUT2D eigenvalue weighted by Crippen LogP contribution is 2.15. The van der Waals surface area contributed by atoms with Crippen molar-refractivity contribution in [3.8, 4) is 11.4 Å². The highest BCUT2D eigenvalue weighted by molar-refractivity contribution is 5.78. The third-order valence-corrected chi connectivity index (χ3v) is 2.83. The third-order valence-electron chi connectivity index (χ3n) is 2.83. The van der Waals surface area contributed by atoms with Crippen molar-refractivity contribution >= 4 is 5.91 Å². The number of nitrogens with zero attached hydrogens (tertiary/aromatic N) is 3. The molecule has 0 spiro atoms. The lowest BCUT2D eigenvalue weighted by Crippen LogP contribution is -2.45. The summed E-state index contributed by atoms with van der Waals surface area (Å²) in [6, 6.07) is 9.64. The van der Waals surface area contributed by atoms with Gasteiger partial charge in [-0.05, 0) is 27.8 Å². The van der Waals surface area contributed by atoms with Crippen LogP contribution in [0.5, 0.6) is 0 Å². The first kappa shape index (κ1) is 16.2. The minimum atomic E-state index is -0.233. The monoisotopic (exact) mass is 302 g/mol. The van der Waals surface area contributed by atoms with Crippen molar-refractivity contribution < 1.29 is 9.32 Å². The summed E-state index contributed by atoms with van der Waals surface area (Å²) < 4.78 is 5.24. The maximum Gasteiger partial charge on any atom is 0.241 e. The molecule has 0 radical (unpaired) electrons. The Morgan fingerprint density at radius 1 is 1.27 bits per heavy atom. The molecule has 1 amide bonds. The van der Waals surface area contributed by atoms with Crippen molar-refractivity contribution in [3.05, 3.63) is 36.2 Å². The molecule has 0 aliphatic carbocycles. The Morgan fingerprint density at radius 3 is 2.59 bits per heavy atom. The largest absolute Gasteiger partial charge is 0.350 e. The van der Waals surface area contributed by atoms with Gasteiger partial charge >= 0.3 is 0 Å². The predicted molar refractivity (Wildman–Crippen MR) is 84.0 cm³/mol. The van der Waals surface area contributed by atoms with E-state index in [1.54, 1.807) is 0 Å². The van der Waals surface area contributed by atoms with Crippen LogP contribution in [0.1, 0.15) is 26.7 Å². The van der Waals surface area contributed by atoms with Crippen molar-refractivity contribution in [3.63, 3.8) is 0 Å². The van der Waals surface area contributed by atoms with Gasteiger partial charge in [0.1, 0.15) is 0 Å². The molecule has 2 rings (SSSR count). The van der Waals surface area contributed by atoms with Gasteiger partial charge in [0.15, 0.2) is 0 Å². The van der Waals surface area contributed by atoms with Crippen LogP contribution in [-0.2, 0) is 11.3 Å². The van der Waals surface area contributed by atoms with E-state index in [-0.39, 0.29) is 18.0 Å². The lowest BCUT2D eigenvalue weighted by molar-refractivity contribution is -0.123. The van der Waals surface area contributed by atoms with Gasteiger partial charge in [-0.25, -0.2) is 0 Å². The molecule has 118 valence electrons. The predicted octanol–water partition coefficient (Wildman–Crippen LogP) is 2.08. The molecule has 0 aliphatic heterocycles. The molecular weight excluding hydrogens is 280 g/mol. The van der Waals surface area contributed by atoms with Crippen molar-refractivity contribution in [2.24, 2.45) is 0 Å². The summed E-state index contributed by atoms with van der Waals surface area (Å²) >= 11 is 0. The number of aromatic nitrogens is 2. The molecule has 1 N–H and O–H groups in total. The van der Waals surface area contributed by atoms with Gasteiger partial charge in [-0.1, -0.05) is 35.5 Å². The average Bonchev–Trinajstić information content (AvgIpc) is 2.85. The second kappa shape index (κ2) is 6.70. The van der Waals surface area contributed by atoms with Crippen molar-refractivity contribution in [2.45, 2.75) is 32.9 Å². The summed E-state index contributed by atoms with van der Waals surface area (Å²) in [5, 5.41) is 6.88. The molecule has 1 aromatic heterocycles. The first-order valence-electron chi connectivity index (χ1n) is 7.21. The minimum absolute atomic E-state index is 0.0298. The second-order valence-corrected chi connectivity index (χ2v) is 6.35. The van der Waals surface area contributed by atoms with Crippen LogP contribution < -0.4 is 5.32 Å². The van der Waals surface area contributed by atoms with Gasteiger partial charge in [0.05, 0.1) is 13.1 Å². The number of nitrogens with one attached hydrogen (secondary N) is 1. The van der Waals surface area contributed by atoms with E-state index in [0.29, 0.717) is 18.3 Å². The van der Waals surface area contributed by atoms with Crippen molar-refractivity contribution in [2.75, 3.05) is 13.6 Å². The van der Waals surface area contributed by atoms with Crippen LogP contribution in [0.3, 0.4) is 0 Å². The average molecular weight is 302 g/mol. The van der Waals surface area contributed by atoms with Gasteiger partial charge in [-0.15, -0.1) is 0 Å². The normalized spacial score (nSPS) is 11.7. The number of carbonyl (C=O) groups is 1. The molecule has 2 aromatic rings. The van der Waals surface area contributed by atoms with Crippen LogP contribution in [-0.4, -0.2) is 40.1 Å². The van der Waals surface area contributed by atoms with Crippen LogP contribution in [0.25, 0.3) is 11.4 Å². The number of hydrogen-bond donors (Lipinski definition) is 1. The van der Waals surface area contributed by atoms with Gasteiger partial charge in [0.2, 0.25) is 17.6 Å². The van der Waals surface area contributed by atoms with Crippen LogP contribution in [0.2, 0.25) is 0 Å². The van der Waals surface area contributed by atoms with E-state index in [1.807, 2.05) is 63.1 Å². The van der Waals surface area contributed by atoms with E-state index < -0.39 is 0 Å². The SMILES string of the molecule is CN(CC(=O)NC(C)(C)C)Cc1nc(-c2ccccc2)no1. The minimum Gasteiger partial charge on any atom is -0.350 e. The molecule has 0 bridgehead atoms. The highest BCUT2D eigenvalue weighted by Gasteiger charge is 2.16. The fraction of sp³-hybridized carbons (Fsp3) is 0.438. The van der Waals surface area contributed by atoms with E-state index in [1.165, 1.54) is 0 Å². The molecule has 0 unspecified atom stereocenters. The van der Waals surface area contributed by atoms with Crippen molar-refractivity contribution in [1.29, 1.82) is 0 Å². The summed E-state index contributed by atoms with van der Waals surface area (Å²) in [7, 11) is 1.84. The second-order valence-electron chi connectivity index (χ2n) is 6.35. The smallest absolute Gasteiger partial charge is 0.241 e. The van der Waals surface area contributed by atoms with Gasteiger partial charge in [0.25, 0.3) is 0 Å². The summed E-state index contributed by atoms with van der Waals surface area (Å²) in [4.78, 5) is 18.1. The fourth-order valence-corrected chi connectivity index (χ4v) is 2.01. The molecule has 0 saturated carbocycles. The molecule has 22 heavy (non-hydrogen) atoms. The maximum atomic E-state index is 11.9. The van der Waals surface area contributed by atoms with Gasteiger partial charge in [-0.3, -0.25) is 9.69 Å². The van der Waals surface area contributed by atoms with Crippen LogP contribution in [0.4, 0.5) is 0 Å². The number of rotatable bonds is 5. The Morgan fingerprint density at radius 2 is 1.95 bits per heavy atom. The molecule has 1 aromatic carbocycles. The first-order chi connectivity index (χ1) is 10.3. The van der Waals surface area contributed by atoms with E-state index in [2.05, 4.69) is 15.5 Å². The van der Waals surface area contributed by atoms with E-state index in [9.17, 15) is 4.79 Å². The van der Waals surface area contributed by atoms with E-state index >= 15 is 0 Å². The Bertz CT molecular complexity index is 617. The van der Waals surface area contributed by atoms with E-state index in [4.69, 9.17) is 4.52 Å². The topological polar surface area (TPSA) is 71.3 Å². The quantitative estimate of drug-likeness (QED) is 0.915. The zero-order chi connectivity index (χ0) is 16.2. The Kier molecular flexibility index (Phi) is 4.92. The number of hydrogen-bond acceptors (Lipinski definition) is 5. The number of benzene rings is 1. The first-order valence-corrected chi connectivity index (χ1v) is 7.21. The zero-order valence-electron chi connectivity index (χ0n) is 13.5. The Hall–Kier alpha value is -2.21. The summed E-state index contributed by atoms with van der Waals surface area (Å²) in [6.07, 6.45) is 0. The third kappa shape index (κ3) is 4.96. The lowest BCUT2D eigenvalue weighted by Gasteiger charge is -2.22. The molecule has 0 atom stereocenters. The maximum absolute atomic E-state index is 11.9. The fourth-order valence-electron chi connectivity index (χ4n) is 2.01. The van der Waals surface area contributed by atoms with Crippen LogP contribution in [0, 0.1) is 0 Å². The van der Waals surface area contributed by atoms with Gasteiger partial charge in [-0.2, -0.15) is 4.98 Å². The van der Waals surface area contributed by atoms with Crippen LogP contribution >= 0.6 is 0 Å². The Balaban J connectivity index is 1.91. The lowest BCUT2D eigenvalue weighted by atomic mass is 10.1. The summed E-state index contributed by atoms with van der Waals surface area (Å²) in [5.74, 6) is 1.02.